The van der Waals surface area contributed by atoms with E-state index in [4.69, 9.17) is 10.1 Å². The zero-order valence-electron chi connectivity index (χ0n) is 25.5. The van der Waals surface area contributed by atoms with Crippen molar-refractivity contribution in [2.75, 3.05) is 45.1 Å². The van der Waals surface area contributed by atoms with E-state index in [1.54, 1.807) is 16.4 Å². The molecule has 2 aromatic rings. The first-order valence-corrected chi connectivity index (χ1v) is 17.8. The van der Waals surface area contributed by atoms with Crippen molar-refractivity contribution in [1.82, 2.24) is 23.8 Å². The Morgan fingerprint density at radius 1 is 0.929 bits per heavy atom. The Labute approximate surface area is 252 Å². The van der Waals surface area contributed by atoms with Crippen LogP contribution in [0.25, 0.3) is 0 Å². The van der Waals surface area contributed by atoms with Gasteiger partial charge in [0.05, 0.1) is 11.9 Å². The second-order valence-corrected chi connectivity index (χ2v) is 14.7. The summed E-state index contributed by atoms with van der Waals surface area (Å²) in [7, 11) is -1.36. The summed E-state index contributed by atoms with van der Waals surface area (Å²) >= 11 is 0. The third kappa shape index (κ3) is 5.87. The molecule has 6 rings (SSSR count). The van der Waals surface area contributed by atoms with Gasteiger partial charge in [-0.2, -0.15) is 9.29 Å². The molecule has 4 aliphatic rings. The predicted octanol–water partition coefficient (Wildman–Crippen LogP) is 5.36. The molecule has 1 atom stereocenters. The van der Waals surface area contributed by atoms with Crippen molar-refractivity contribution in [2.24, 2.45) is 5.10 Å². The summed E-state index contributed by atoms with van der Waals surface area (Å²) in [6.45, 7) is 6.53. The summed E-state index contributed by atoms with van der Waals surface area (Å²) in [6.07, 6.45) is 15.7. The molecular weight excluding hydrogens is 546 g/mol. The maximum atomic E-state index is 13.6. The molecule has 1 aromatic heterocycles. The molecule has 0 radical (unpaired) electrons. The van der Waals surface area contributed by atoms with E-state index in [0.29, 0.717) is 40.6 Å². The van der Waals surface area contributed by atoms with Crippen molar-refractivity contribution in [3.05, 3.63) is 41.6 Å². The zero-order valence-corrected chi connectivity index (χ0v) is 26.3. The molecule has 0 spiro atoms. The largest absolute Gasteiger partial charge is 0.354 e. The van der Waals surface area contributed by atoms with Crippen LogP contribution in [0, 0.1) is 0 Å². The number of hydrogen-bond donors (Lipinski definition) is 1. The van der Waals surface area contributed by atoms with Gasteiger partial charge < -0.3 is 10.2 Å². The van der Waals surface area contributed by atoms with Crippen molar-refractivity contribution in [1.29, 1.82) is 0 Å². The minimum Gasteiger partial charge on any atom is -0.354 e. The fourth-order valence-electron chi connectivity index (χ4n) is 7.37. The minimum absolute atomic E-state index is 0.359. The standard InChI is InChI=1S/C32H48N7O2S/c1-3-4-19-33-32-34-24-29-30(36-39(2,31(29)35-32)27-11-7-5-8-12-27)25-13-15-28(16-14-25)42(40,41)38-22-17-26(18-23-38)37-20-9-6-10-21-37/h13-16,24,26-27H,3-12,17-23H2,1-2H3,(H,33,34,35)/q+1. The van der Waals surface area contributed by atoms with Crippen molar-refractivity contribution in [3.63, 3.8) is 0 Å². The molecule has 4 heterocycles. The average Bonchev–Trinajstić information content (AvgIpc) is 3.35. The maximum Gasteiger partial charge on any atom is 0.269 e. The Morgan fingerprint density at radius 3 is 2.31 bits per heavy atom. The third-order valence-corrected chi connectivity index (χ3v) is 11.9. The first-order chi connectivity index (χ1) is 20.4. The van der Waals surface area contributed by atoms with Crippen LogP contribution in [0.1, 0.15) is 95.1 Å². The molecule has 1 unspecified atom stereocenters. The van der Waals surface area contributed by atoms with Gasteiger partial charge in [0.1, 0.15) is 17.3 Å². The highest BCUT2D eigenvalue weighted by Crippen LogP contribution is 2.40. The summed E-state index contributed by atoms with van der Waals surface area (Å²) in [6, 6.07) is 8.24. The van der Waals surface area contributed by atoms with Crippen LogP contribution in [0.3, 0.4) is 0 Å². The molecule has 3 aliphatic heterocycles. The number of fused-ring (bicyclic) bond motifs is 1. The monoisotopic (exact) mass is 594 g/mol. The highest BCUT2D eigenvalue weighted by atomic mass is 32.2. The van der Waals surface area contributed by atoms with Crippen LogP contribution in [0.2, 0.25) is 0 Å². The second-order valence-electron chi connectivity index (χ2n) is 12.7. The molecule has 3 fully saturated rings. The Bertz CT molecular complexity index is 1360. The number of piperidine rings is 2. The normalized spacial score (nSPS) is 24.9. The Balaban J connectivity index is 1.22. The molecule has 2 saturated heterocycles. The molecule has 0 amide bonds. The first-order valence-electron chi connectivity index (χ1n) is 16.3. The summed E-state index contributed by atoms with van der Waals surface area (Å²) in [5.41, 5.74) is 2.70. The number of likely N-dealkylation sites (tertiary alicyclic amines) is 1. The van der Waals surface area contributed by atoms with Crippen molar-refractivity contribution >= 4 is 27.5 Å². The van der Waals surface area contributed by atoms with E-state index in [0.717, 1.165) is 80.8 Å². The third-order valence-electron chi connectivity index (χ3n) is 9.96. The number of benzene rings is 1. The number of sulfonamides is 1. The van der Waals surface area contributed by atoms with Crippen molar-refractivity contribution < 1.29 is 8.42 Å². The summed E-state index contributed by atoms with van der Waals surface area (Å²) in [5, 5.41) is 8.70. The first kappa shape index (κ1) is 29.7. The number of hydrogen-bond acceptors (Lipinski definition) is 7. The molecule has 1 aliphatic carbocycles. The molecule has 0 bridgehead atoms. The molecule has 228 valence electrons. The van der Waals surface area contributed by atoms with E-state index in [-0.39, 0.29) is 0 Å². The van der Waals surface area contributed by atoms with Crippen LogP contribution in [0.4, 0.5) is 11.8 Å². The summed E-state index contributed by atoms with van der Waals surface area (Å²) in [5.74, 6) is 1.60. The van der Waals surface area contributed by atoms with Gasteiger partial charge in [-0.05, 0) is 70.2 Å². The smallest absolute Gasteiger partial charge is 0.269 e. The lowest BCUT2D eigenvalue weighted by Crippen LogP contribution is -2.49. The number of rotatable bonds is 9. The van der Waals surface area contributed by atoms with Crippen LogP contribution < -0.4 is 9.91 Å². The quantitative estimate of drug-likeness (QED) is 0.310. The van der Waals surface area contributed by atoms with Gasteiger partial charge in [-0.3, -0.25) is 0 Å². The van der Waals surface area contributed by atoms with Gasteiger partial charge in [0.15, 0.2) is 0 Å². The van der Waals surface area contributed by atoms with Gasteiger partial charge in [0.2, 0.25) is 16.0 Å². The Morgan fingerprint density at radius 2 is 1.62 bits per heavy atom. The fraction of sp³-hybridized carbons (Fsp3) is 0.656. The number of nitrogens with one attached hydrogen (secondary N) is 1. The maximum absolute atomic E-state index is 13.6. The lowest BCUT2D eigenvalue weighted by molar-refractivity contribution is 0.118. The van der Waals surface area contributed by atoms with E-state index in [9.17, 15) is 8.42 Å². The number of quaternary nitrogens is 1. The minimum atomic E-state index is -3.54. The number of unbranched alkanes of at least 4 members (excludes halogenated alkanes) is 1. The van der Waals surface area contributed by atoms with E-state index >= 15 is 0 Å². The van der Waals surface area contributed by atoms with Gasteiger partial charge in [-0.15, -0.1) is 4.59 Å². The van der Waals surface area contributed by atoms with Gasteiger partial charge >= 0.3 is 0 Å². The number of aromatic nitrogens is 2. The van der Waals surface area contributed by atoms with Gasteiger partial charge in [0, 0.05) is 50.3 Å². The molecule has 42 heavy (non-hydrogen) atoms. The highest BCUT2D eigenvalue weighted by molar-refractivity contribution is 7.89. The lowest BCUT2D eigenvalue weighted by Gasteiger charge is -2.39. The van der Waals surface area contributed by atoms with Gasteiger partial charge in [-0.1, -0.05) is 43.4 Å². The predicted molar refractivity (Wildman–Crippen MR) is 169 cm³/mol. The van der Waals surface area contributed by atoms with Gasteiger partial charge in [-0.25, -0.2) is 13.4 Å². The summed E-state index contributed by atoms with van der Waals surface area (Å²) < 4.78 is 29.3. The van der Waals surface area contributed by atoms with Crippen LogP contribution in [-0.4, -0.2) is 85.2 Å². The number of anilines is 1. The van der Waals surface area contributed by atoms with Crippen molar-refractivity contribution in [2.45, 2.75) is 101 Å². The average molecular weight is 595 g/mol. The van der Waals surface area contributed by atoms with Crippen LogP contribution >= 0.6 is 0 Å². The number of nitrogens with zero attached hydrogens (tertiary/aromatic N) is 6. The Hall–Kier alpha value is -2.40. The molecule has 1 aromatic carbocycles. The lowest BCUT2D eigenvalue weighted by atomic mass is 9.94. The van der Waals surface area contributed by atoms with Crippen molar-refractivity contribution in [3.8, 4) is 0 Å². The highest BCUT2D eigenvalue weighted by Gasteiger charge is 2.46. The van der Waals surface area contributed by atoms with Crippen LogP contribution in [0.15, 0.2) is 40.5 Å². The molecular formula is C32H48N7O2S+. The molecule has 10 heteroatoms. The van der Waals surface area contributed by atoms with Crippen LogP contribution in [-0.2, 0) is 10.0 Å². The zero-order chi connectivity index (χ0) is 29.2. The van der Waals surface area contributed by atoms with Crippen LogP contribution in [0.5, 0.6) is 0 Å². The van der Waals surface area contributed by atoms with E-state index in [1.807, 2.05) is 18.3 Å². The van der Waals surface area contributed by atoms with E-state index in [2.05, 4.69) is 29.2 Å². The SMILES string of the molecule is CCCCNc1ncc2c(n1)[N+](C)(C1CCCCC1)N=C2c1ccc(S(=O)(=O)N2CCC(N3CCCCC3)CC2)cc1. The fourth-order valence-corrected chi connectivity index (χ4v) is 8.84. The second kappa shape index (κ2) is 12.7. The van der Waals surface area contributed by atoms with E-state index < -0.39 is 10.0 Å². The molecule has 1 saturated carbocycles. The summed E-state index contributed by atoms with van der Waals surface area (Å²) in [4.78, 5) is 12.6. The van der Waals surface area contributed by atoms with E-state index in [1.165, 1.54) is 38.5 Å². The topological polar surface area (TPSA) is 90.8 Å². The van der Waals surface area contributed by atoms with Gasteiger partial charge in [0.25, 0.3) is 5.82 Å². The molecule has 9 nitrogen and oxygen atoms in total. The molecule has 1 N–H and O–H groups in total. The Kier molecular flexibility index (Phi) is 8.96.